The Morgan fingerprint density at radius 1 is 1.40 bits per heavy atom. The number of imidazole rings is 1. The molecule has 0 amide bonds. The van der Waals surface area contributed by atoms with Crippen LogP contribution in [0.5, 0.6) is 0 Å². The monoisotopic (exact) mass is 274 g/mol. The molecule has 2 aromatic rings. The SMILES string of the molecule is Cn1c(CC(O)CC2CCCCO2)nc2ccccc21. The fourth-order valence-corrected chi connectivity index (χ4v) is 2.97. The van der Waals surface area contributed by atoms with Gasteiger partial charge in [-0.2, -0.15) is 0 Å². The molecule has 0 saturated carbocycles. The zero-order valence-corrected chi connectivity index (χ0v) is 12.0. The molecule has 4 heteroatoms. The molecule has 1 aliphatic rings. The number of aliphatic hydroxyl groups excluding tert-OH is 1. The van der Waals surface area contributed by atoms with Crippen LogP contribution in [0.1, 0.15) is 31.5 Å². The molecule has 1 aromatic heterocycles. The fraction of sp³-hybridized carbons (Fsp3) is 0.562. The maximum atomic E-state index is 10.3. The number of nitrogens with zero attached hydrogens (tertiary/aromatic N) is 2. The number of aryl methyl sites for hydroxylation is 1. The van der Waals surface area contributed by atoms with Crippen molar-refractivity contribution in [2.75, 3.05) is 6.61 Å². The molecule has 0 bridgehead atoms. The first kappa shape index (κ1) is 13.6. The topological polar surface area (TPSA) is 47.3 Å². The van der Waals surface area contributed by atoms with Crippen molar-refractivity contribution >= 4 is 11.0 Å². The van der Waals surface area contributed by atoms with E-state index >= 15 is 0 Å². The lowest BCUT2D eigenvalue weighted by molar-refractivity contribution is -0.0151. The Kier molecular flexibility index (Phi) is 4.03. The largest absolute Gasteiger partial charge is 0.393 e. The number of hydrogen-bond donors (Lipinski definition) is 1. The Morgan fingerprint density at radius 3 is 3.00 bits per heavy atom. The van der Waals surface area contributed by atoms with Gasteiger partial charge in [-0.05, 0) is 37.8 Å². The molecule has 1 aromatic carbocycles. The summed E-state index contributed by atoms with van der Waals surface area (Å²) in [4.78, 5) is 4.61. The van der Waals surface area contributed by atoms with Crippen molar-refractivity contribution < 1.29 is 9.84 Å². The predicted octanol–water partition coefficient (Wildman–Crippen LogP) is 2.44. The minimum atomic E-state index is -0.381. The first-order valence-electron chi connectivity index (χ1n) is 7.44. The van der Waals surface area contributed by atoms with Gasteiger partial charge in [0.25, 0.3) is 0 Å². The van der Waals surface area contributed by atoms with E-state index in [0.29, 0.717) is 12.8 Å². The van der Waals surface area contributed by atoms with Crippen LogP contribution in [-0.4, -0.2) is 33.5 Å². The smallest absolute Gasteiger partial charge is 0.112 e. The highest BCUT2D eigenvalue weighted by atomic mass is 16.5. The molecule has 2 heterocycles. The third-order valence-corrected chi connectivity index (χ3v) is 4.11. The maximum absolute atomic E-state index is 10.3. The van der Waals surface area contributed by atoms with Gasteiger partial charge in [0, 0.05) is 20.1 Å². The molecule has 108 valence electrons. The van der Waals surface area contributed by atoms with Crippen LogP contribution in [0, 0.1) is 0 Å². The number of hydrogen-bond acceptors (Lipinski definition) is 3. The Hall–Kier alpha value is -1.39. The summed E-state index contributed by atoms with van der Waals surface area (Å²) >= 11 is 0. The molecule has 1 N–H and O–H groups in total. The van der Waals surface area contributed by atoms with Crippen LogP contribution in [0.2, 0.25) is 0 Å². The fourth-order valence-electron chi connectivity index (χ4n) is 2.97. The molecule has 1 fully saturated rings. The van der Waals surface area contributed by atoms with Crippen molar-refractivity contribution in [3.8, 4) is 0 Å². The van der Waals surface area contributed by atoms with E-state index in [-0.39, 0.29) is 12.2 Å². The molecule has 20 heavy (non-hydrogen) atoms. The maximum Gasteiger partial charge on any atom is 0.112 e. The lowest BCUT2D eigenvalue weighted by atomic mass is 10.0. The van der Waals surface area contributed by atoms with Gasteiger partial charge in [-0.3, -0.25) is 0 Å². The minimum Gasteiger partial charge on any atom is -0.393 e. The number of rotatable bonds is 4. The van der Waals surface area contributed by atoms with Gasteiger partial charge in [-0.1, -0.05) is 12.1 Å². The molecule has 1 saturated heterocycles. The highest BCUT2D eigenvalue weighted by Crippen LogP contribution is 2.20. The summed E-state index contributed by atoms with van der Waals surface area (Å²) < 4.78 is 7.76. The molecule has 2 atom stereocenters. The zero-order valence-electron chi connectivity index (χ0n) is 12.0. The van der Waals surface area contributed by atoms with Crippen molar-refractivity contribution in [2.45, 2.75) is 44.3 Å². The van der Waals surface area contributed by atoms with Crippen molar-refractivity contribution in [2.24, 2.45) is 7.05 Å². The van der Waals surface area contributed by atoms with Crippen LogP contribution in [0.25, 0.3) is 11.0 Å². The van der Waals surface area contributed by atoms with Crippen LogP contribution < -0.4 is 0 Å². The highest BCUT2D eigenvalue weighted by Gasteiger charge is 2.20. The van der Waals surface area contributed by atoms with Crippen molar-refractivity contribution in [1.29, 1.82) is 0 Å². The Bertz CT molecular complexity index is 573. The number of ether oxygens (including phenoxy) is 1. The first-order chi connectivity index (χ1) is 9.74. The minimum absolute atomic E-state index is 0.216. The molecule has 0 spiro atoms. The molecule has 3 rings (SSSR count). The van der Waals surface area contributed by atoms with E-state index in [1.54, 1.807) is 0 Å². The van der Waals surface area contributed by atoms with Crippen LogP contribution in [0.15, 0.2) is 24.3 Å². The number of fused-ring (bicyclic) bond motifs is 1. The second kappa shape index (κ2) is 5.94. The van der Waals surface area contributed by atoms with E-state index in [0.717, 1.165) is 36.3 Å². The summed E-state index contributed by atoms with van der Waals surface area (Å²) in [6.45, 7) is 0.837. The summed E-state index contributed by atoms with van der Waals surface area (Å²) in [5.74, 6) is 0.939. The van der Waals surface area contributed by atoms with E-state index in [1.807, 2.05) is 25.2 Å². The van der Waals surface area contributed by atoms with Crippen LogP contribution in [-0.2, 0) is 18.2 Å². The number of aromatic nitrogens is 2. The van der Waals surface area contributed by atoms with E-state index in [1.165, 1.54) is 6.42 Å². The Labute approximate surface area is 119 Å². The van der Waals surface area contributed by atoms with Crippen LogP contribution >= 0.6 is 0 Å². The molecule has 0 radical (unpaired) electrons. The van der Waals surface area contributed by atoms with Gasteiger partial charge in [0.15, 0.2) is 0 Å². The van der Waals surface area contributed by atoms with Gasteiger partial charge >= 0.3 is 0 Å². The third-order valence-electron chi connectivity index (χ3n) is 4.11. The van der Waals surface area contributed by atoms with E-state index in [2.05, 4.69) is 15.6 Å². The Balaban J connectivity index is 1.67. The summed E-state index contributed by atoms with van der Waals surface area (Å²) in [7, 11) is 2.01. The van der Waals surface area contributed by atoms with Gasteiger partial charge in [-0.15, -0.1) is 0 Å². The molecule has 2 unspecified atom stereocenters. The lowest BCUT2D eigenvalue weighted by Gasteiger charge is -2.24. The second-order valence-electron chi connectivity index (χ2n) is 5.66. The highest BCUT2D eigenvalue weighted by molar-refractivity contribution is 5.75. The predicted molar refractivity (Wildman–Crippen MR) is 78.6 cm³/mol. The second-order valence-corrected chi connectivity index (χ2v) is 5.66. The summed E-state index contributed by atoms with van der Waals surface area (Å²) in [5, 5.41) is 10.3. The molecule has 0 aliphatic carbocycles. The molecule has 1 aliphatic heterocycles. The van der Waals surface area contributed by atoms with Gasteiger partial charge in [-0.25, -0.2) is 4.98 Å². The zero-order chi connectivity index (χ0) is 13.9. The normalized spacial score (nSPS) is 21.2. The van der Waals surface area contributed by atoms with Crippen molar-refractivity contribution in [1.82, 2.24) is 9.55 Å². The lowest BCUT2D eigenvalue weighted by Crippen LogP contribution is -2.26. The number of para-hydroxylation sites is 2. The molecule has 4 nitrogen and oxygen atoms in total. The first-order valence-corrected chi connectivity index (χ1v) is 7.44. The van der Waals surface area contributed by atoms with Gasteiger partial charge in [0.05, 0.1) is 23.2 Å². The van der Waals surface area contributed by atoms with Gasteiger partial charge in [0.1, 0.15) is 5.82 Å². The van der Waals surface area contributed by atoms with Crippen molar-refractivity contribution in [3.63, 3.8) is 0 Å². The average molecular weight is 274 g/mol. The molecular weight excluding hydrogens is 252 g/mol. The van der Waals surface area contributed by atoms with E-state index < -0.39 is 0 Å². The third kappa shape index (κ3) is 2.86. The number of benzene rings is 1. The van der Waals surface area contributed by atoms with Crippen LogP contribution in [0.4, 0.5) is 0 Å². The average Bonchev–Trinajstić information content (AvgIpc) is 2.77. The van der Waals surface area contributed by atoms with Crippen LogP contribution in [0.3, 0.4) is 0 Å². The Morgan fingerprint density at radius 2 is 2.25 bits per heavy atom. The van der Waals surface area contributed by atoms with Crippen molar-refractivity contribution in [3.05, 3.63) is 30.1 Å². The van der Waals surface area contributed by atoms with E-state index in [9.17, 15) is 5.11 Å². The summed E-state index contributed by atoms with van der Waals surface area (Å²) in [5.41, 5.74) is 2.11. The van der Waals surface area contributed by atoms with E-state index in [4.69, 9.17) is 4.74 Å². The van der Waals surface area contributed by atoms with Gasteiger partial charge in [0.2, 0.25) is 0 Å². The molecular formula is C16H22N2O2. The summed E-state index contributed by atoms with van der Waals surface area (Å²) in [6, 6.07) is 8.07. The quantitative estimate of drug-likeness (QED) is 0.931. The number of aliphatic hydroxyl groups is 1. The summed E-state index contributed by atoms with van der Waals surface area (Å²) in [6.07, 6.45) is 4.57. The standard InChI is InChI=1S/C16H22N2O2/c1-18-15-8-3-2-7-14(15)17-16(18)11-12(19)10-13-6-4-5-9-20-13/h2-3,7-8,12-13,19H,4-6,9-11H2,1H3. The van der Waals surface area contributed by atoms with Gasteiger partial charge < -0.3 is 14.4 Å².